The van der Waals surface area contributed by atoms with E-state index in [-0.39, 0.29) is 6.03 Å². The van der Waals surface area contributed by atoms with Crippen molar-refractivity contribution in [2.45, 2.75) is 33.2 Å². The summed E-state index contributed by atoms with van der Waals surface area (Å²) < 4.78 is 0. The van der Waals surface area contributed by atoms with Crippen molar-refractivity contribution in [3.05, 3.63) is 64.7 Å². The molecule has 0 spiro atoms. The Kier molecular flexibility index (Phi) is 6.64. The van der Waals surface area contributed by atoms with Gasteiger partial charge in [-0.25, -0.2) is 4.79 Å². The Bertz CT molecular complexity index is 786. The SMILES string of the molecule is CCON=C(C)c1cccc(C(C)(C)NC(=O)Nc2ccc(Cl)cc2)c1. The summed E-state index contributed by atoms with van der Waals surface area (Å²) in [6, 6.07) is 14.6. The van der Waals surface area contributed by atoms with Crippen LogP contribution in [0.5, 0.6) is 0 Å². The number of urea groups is 1. The van der Waals surface area contributed by atoms with Crippen molar-refractivity contribution in [2.75, 3.05) is 11.9 Å². The molecule has 0 aliphatic rings. The topological polar surface area (TPSA) is 62.7 Å². The summed E-state index contributed by atoms with van der Waals surface area (Å²) in [4.78, 5) is 17.5. The van der Waals surface area contributed by atoms with Crippen LogP contribution in [0.1, 0.15) is 38.8 Å². The van der Waals surface area contributed by atoms with Crippen LogP contribution in [0.3, 0.4) is 0 Å². The molecule has 0 atom stereocenters. The molecule has 2 aromatic rings. The second-order valence-electron chi connectivity index (χ2n) is 6.39. The highest BCUT2D eigenvalue weighted by atomic mass is 35.5. The van der Waals surface area contributed by atoms with Crippen molar-refractivity contribution in [3.8, 4) is 0 Å². The number of nitrogens with one attached hydrogen (secondary N) is 2. The molecule has 0 heterocycles. The van der Waals surface area contributed by atoms with Gasteiger partial charge >= 0.3 is 6.03 Å². The average molecular weight is 374 g/mol. The highest BCUT2D eigenvalue weighted by Gasteiger charge is 2.23. The van der Waals surface area contributed by atoms with Gasteiger partial charge in [-0.1, -0.05) is 35.0 Å². The van der Waals surface area contributed by atoms with Crippen LogP contribution in [0.25, 0.3) is 0 Å². The number of benzene rings is 2. The minimum absolute atomic E-state index is 0.289. The van der Waals surface area contributed by atoms with Gasteiger partial charge in [-0.15, -0.1) is 0 Å². The minimum atomic E-state index is -0.571. The van der Waals surface area contributed by atoms with Gasteiger partial charge in [-0.3, -0.25) is 0 Å². The molecule has 2 amide bonds. The third-order valence-corrected chi connectivity index (χ3v) is 4.11. The zero-order chi connectivity index (χ0) is 19.2. The summed E-state index contributed by atoms with van der Waals surface area (Å²) in [6.45, 7) is 8.20. The number of carbonyl (C=O) groups excluding carboxylic acids is 1. The van der Waals surface area contributed by atoms with E-state index in [0.29, 0.717) is 17.3 Å². The molecule has 0 unspecified atom stereocenters. The molecule has 0 radical (unpaired) electrons. The first-order valence-corrected chi connectivity index (χ1v) is 8.82. The second-order valence-corrected chi connectivity index (χ2v) is 6.82. The van der Waals surface area contributed by atoms with E-state index >= 15 is 0 Å². The van der Waals surface area contributed by atoms with Crippen LogP contribution in [-0.4, -0.2) is 18.3 Å². The normalized spacial score (nSPS) is 11.8. The van der Waals surface area contributed by atoms with Crippen LogP contribution < -0.4 is 10.6 Å². The quantitative estimate of drug-likeness (QED) is 0.542. The number of hydrogen-bond donors (Lipinski definition) is 2. The average Bonchev–Trinajstić information content (AvgIpc) is 2.61. The fourth-order valence-electron chi connectivity index (χ4n) is 2.40. The number of hydrogen-bond acceptors (Lipinski definition) is 3. The number of oxime groups is 1. The highest BCUT2D eigenvalue weighted by Crippen LogP contribution is 2.22. The zero-order valence-corrected chi connectivity index (χ0v) is 16.2. The van der Waals surface area contributed by atoms with Crippen LogP contribution in [0.2, 0.25) is 5.02 Å². The van der Waals surface area contributed by atoms with Crippen LogP contribution in [0.4, 0.5) is 10.5 Å². The van der Waals surface area contributed by atoms with E-state index in [9.17, 15) is 4.79 Å². The highest BCUT2D eigenvalue weighted by molar-refractivity contribution is 6.30. The third-order valence-electron chi connectivity index (χ3n) is 3.86. The van der Waals surface area contributed by atoms with Gasteiger partial charge in [0.25, 0.3) is 0 Å². The van der Waals surface area contributed by atoms with Crippen molar-refractivity contribution >= 4 is 29.0 Å². The van der Waals surface area contributed by atoms with Crippen LogP contribution in [0, 0.1) is 0 Å². The molecule has 2 aromatic carbocycles. The number of amides is 2. The third kappa shape index (κ3) is 5.49. The maximum Gasteiger partial charge on any atom is 0.319 e. The Balaban J connectivity index is 2.11. The van der Waals surface area contributed by atoms with Gasteiger partial charge in [-0.2, -0.15) is 0 Å². The van der Waals surface area contributed by atoms with Gasteiger partial charge in [0.05, 0.1) is 11.3 Å². The Labute approximate surface area is 159 Å². The van der Waals surface area contributed by atoms with E-state index in [1.54, 1.807) is 24.3 Å². The standard InChI is InChI=1S/C20H24ClN3O2/c1-5-26-24-14(2)15-7-6-8-16(13-15)20(3,4)23-19(25)22-18-11-9-17(21)10-12-18/h6-13H,5H2,1-4H3,(H2,22,23,25). The number of nitrogens with zero attached hydrogens (tertiary/aromatic N) is 1. The Morgan fingerprint density at radius 3 is 2.54 bits per heavy atom. The number of halogens is 1. The van der Waals surface area contributed by atoms with E-state index in [0.717, 1.165) is 16.8 Å². The van der Waals surface area contributed by atoms with Gasteiger partial charge < -0.3 is 15.5 Å². The fraction of sp³-hybridized carbons (Fsp3) is 0.300. The first-order valence-electron chi connectivity index (χ1n) is 8.44. The van der Waals surface area contributed by atoms with Crippen LogP contribution >= 0.6 is 11.6 Å². The molecular formula is C20H24ClN3O2. The maximum atomic E-state index is 12.3. The molecule has 0 aromatic heterocycles. The van der Waals surface area contributed by atoms with Gasteiger partial charge in [0.2, 0.25) is 0 Å². The summed E-state index contributed by atoms with van der Waals surface area (Å²) in [7, 11) is 0. The predicted octanol–water partition coefficient (Wildman–Crippen LogP) is 5.16. The molecule has 2 rings (SSSR count). The molecule has 0 aliphatic heterocycles. The maximum absolute atomic E-state index is 12.3. The molecule has 0 bridgehead atoms. The second kappa shape index (κ2) is 8.72. The summed E-state index contributed by atoms with van der Waals surface area (Å²) >= 11 is 5.86. The first kappa shape index (κ1) is 19.8. The molecule has 0 fully saturated rings. The van der Waals surface area contributed by atoms with Crippen molar-refractivity contribution in [3.63, 3.8) is 0 Å². The minimum Gasteiger partial charge on any atom is -0.396 e. The Morgan fingerprint density at radius 1 is 1.19 bits per heavy atom. The lowest BCUT2D eigenvalue weighted by atomic mass is 9.92. The van der Waals surface area contributed by atoms with Crippen molar-refractivity contribution < 1.29 is 9.63 Å². The van der Waals surface area contributed by atoms with Crippen molar-refractivity contribution in [2.24, 2.45) is 5.16 Å². The van der Waals surface area contributed by atoms with Gasteiger partial charge in [-0.05, 0) is 69.2 Å². The smallest absolute Gasteiger partial charge is 0.319 e. The Hall–Kier alpha value is -2.53. The van der Waals surface area contributed by atoms with Crippen LogP contribution in [0.15, 0.2) is 53.7 Å². The number of carbonyl (C=O) groups is 1. The molecular weight excluding hydrogens is 350 g/mol. The van der Waals surface area contributed by atoms with Crippen LogP contribution in [-0.2, 0) is 10.4 Å². The molecule has 0 saturated carbocycles. The zero-order valence-electron chi connectivity index (χ0n) is 15.5. The molecule has 0 saturated heterocycles. The molecule has 0 aliphatic carbocycles. The van der Waals surface area contributed by atoms with E-state index < -0.39 is 5.54 Å². The van der Waals surface area contributed by atoms with Crippen molar-refractivity contribution in [1.82, 2.24) is 5.32 Å². The summed E-state index contributed by atoms with van der Waals surface area (Å²) in [5.74, 6) is 0. The molecule has 2 N–H and O–H groups in total. The fourth-order valence-corrected chi connectivity index (χ4v) is 2.52. The summed E-state index contributed by atoms with van der Waals surface area (Å²) in [5, 5.41) is 10.5. The first-order chi connectivity index (χ1) is 12.3. The van der Waals surface area contributed by atoms with Crippen molar-refractivity contribution in [1.29, 1.82) is 0 Å². The molecule has 138 valence electrons. The lowest BCUT2D eigenvalue weighted by molar-refractivity contribution is 0.159. The van der Waals surface area contributed by atoms with Gasteiger partial charge in [0.15, 0.2) is 0 Å². The number of rotatable bonds is 6. The Morgan fingerprint density at radius 2 is 1.88 bits per heavy atom. The summed E-state index contributed by atoms with van der Waals surface area (Å²) in [6.07, 6.45) is 0. The monoisotopic (exact) mass is 373 g/mol. The van der Waals surface area contributed by atoms with E-state index in [1.165, 1.54) is 0 Å². The number of anilines is 1. The summed E-state index contributed by atoms with van der Waals surface area (Å²) in [5.41, 5.74) is 2.81. The largest absolute Gasteiger partial charge is 0.396 e. The molecule has 5 nitrogen and oxygen atoms in total. The van der Waals surface area contributed by atoms with E-state index in [4.69, 9.17) is 16.4 Å². The molecule has 6 heteroatoms. The predicted molar refractivity (Wildman–Crippen MR) is 107 cm³/mol. The van der Waals surface area contributed by atoms with E-state index in [1.807, 2.05) is 52.0 Å². The molecule has 26 heavy (non-hydrogen) atoms. The van der Waals surface area contributed by atoms with Gasteiger partial charge in [0, 0.05) is 10.7 Å². The lowest BCUT2D eigenvalue weighted by Crippen LogP contribution is -2.43. The lowest BCUT2D eigenvalue weighted by Gasteiger charge is -2.27. The van der Waals surface area contributed by atoms with Gasteiger partial charge in [0.1, 0.15) is 6.61 Å². The van der Waals surface area contributed by atoms with E-state index in [2.05, 4.69) is 15.8 Å².